The number of carbonyl (C=O) groups excluding carboxylic acids is 1. The van der Waals surface area contributed by atoms with Crippen molar-refractivity contribution in [2.75, 3.05) is 20.3 Å². The molecule has 0 aliphatic heterocycles. The summed E-state index contributed by atoms with van der Waals surface area (Å²) in [5.74, 6) is 0.209. The van der Waals surface area contributed by atoms with E-state index in [1.54, 1.807) is 7.11 Å². The number of amides is 1. The summed E-state index contributed by atoms with van der Waals surface area (Å²) in [6.45, 7) is 3.64. The Balaban J connectivity index is 3.13. The average molecular weight is 378 g/mol. The predicted octanol–water partition coefficient (Wildman–Crippen LogP) is 5.69. The van der Waals surface area contributed by atoms with Crippen molar-refractivity contribution < 1.29 is 18.9 Å². The summed E-state index contributed by atoms with van der Waals surface area (Å²) in [7, 11) is 1.53. The van der Waals surface area contributed by atoms with Gasteiger partial charge in [-0.15, -0.1) is 0 Å². The smallest absolute Gasteiger partial charge is 0.219 e. The molecule has 1 amide bonds. The molecule has 0 bridgehead atoms. The molecule has 0 heterocycles. The summed E-state index contributed by atoms with van der Waals surface area (Å²) in [6.07, 6.45) is 16.5. The van der Waals surface area contributed by atoms with E-state index >= 15 is 0 Å². The van der Waals surface area contributed by atoms with Crippen LogP contribution in [0, 0.1) is 0 Å². The molecule has 6 heteroatoms. The van der Waals surface area contributed by atoms with Gasteiger partial charge in [-0.05, 0) is 19.3 Å². The van der Waals surface area contributed by atoms with Crippen molar-refractivity contribution in [1.82, 2.24) is 5.32 Å². The second-order valence-corrected chi connectivity index (χ2v) is 7.28. The van der Waals surface area contributed by atoms with Crippen molar-refractivity contribution in [3.05, 3.63) is 0 Å². The molecule has 150 valence electrons. The van der Waals surface area contributed by atoms with Crippen LogP contribution in [-0.4, -0.2) is 26.2 Å². The Bertz CT molecular complexity index is 280. The Morgan fingerprint density at radius 3 is 2.12 bits per heavy atom. The van der Waals surface area contributed by atoms with Crippen LogP contribution < -0.4 is 5.32 Å². The molecule has 0 saturated heterocycles. The van der Waals surface area contributed by atoms with Crippen LogP contribution in [0.5, 0.6) is 0 Å². The largest absolute Gasteiger partial charge is 0.356 e. The lowest BCUT2D eigenvalue weighted by atomic mass is 10.1. The summed E-state index contributed by atoms with van der Waals surface area (Å²) in [5, 5.41) is 3.02. The van der Waals surface area contributed by atoms with Crippen molar-refractivity contribution in [3.8, 4) is 0 Å². The lowest BCUT2D eigenvalue weighted by Gasteiger charge is -2.06. The summed E-state index contributed by atoms with van der Waals surface area (Å²) < 4.78 is 9.50. The predicted molar refractivity (Wildman–Crippen MR) is 106 cm³/mol. The number of unbranched alkanes of at least 4 members (excludes halogenated alkanes) is 11. The van der Waals surface area contributed by atoms with Gasteiger partial charge in [0.05, 0.1) is 6.61 Å². The quantitative estimate of drug-likeness (QED) is 0.128. The van der Waals surface area contributed by atoms with Crippen molar-refractivity contribution >= 4 is 14.9 Å². The lowest BCUT2D eigenvalue weighted by Crippen LogP contribution is -2.23. The second kappa shape index (κ2) is 21.8. The number of nitrogens with one attached hydrogen (secondary N) is 1. The van der Waals surface area contributed by atoms with Crippen molar-refractivity contribution in [3.63, 3.8) is 0 Å². The summed E-state index contributed by atoms with van der Waals surface area (Å²) >= 11 is 0. The molecule has 0 fully saturated rings. The molecule has 0 aromatic rings. The number of rotatable bonds is 20. The minimum Gasteiger partial charge on any atom is -0.356 e. The molecule has 1 atom stereocenters. The van der Waals surface area contributed by atoms with Crippen molar-refractivity contribution in [2.45, 2.75) is 96.8 Å². The first-order valence-electron chi connectivity index (χ1n) is 10.1. The van der Waals surface area contributed by atoms with Gasteiger partial charge in [-0.3, -0.25) is 4.79 Å². The summed E-state index contributed by atoms with van der Waals surface area (Å²) in [6, 6.07) is 0. The van der Waals surface area contributed by atoms with E-state index < -0.39 is 0 Å². The SMILES string of the molecule is CCCCCCCCCCCC(=O)NCCCCCCOOPOC. The van der Waals surface area contributed by atoms with Crippen LogP contribution in [0.3, 0.4) is 0 Å². The van der Waals surface area contributed by atoms with E-state index in [1.807, 2.05) is 0 Å². The standard InChI is InChI=1S/C19H40NO4P/c1-3-4-5-6-7-8-9-10-13-16-19(21)20-17-14-11-12-15-18-23-24-25-22-2/h25H,3-18H2,1-2H3,(H,20,21). The van der Waals surface area contributed by atoms with Gasteiger partial charge in [-0.25, -0.2) is 4.89 Å². The molecule has 0 aromatic heterocycles. The number of hydrogen-bond acceptors (Lipinski definition) is 4. The van der Waals surface area contributed by atoms with Gasteiger partial charge < -0.3 is 9.84 Å². The average Bonchev–Trinajstić information content (AvgIpc) is 2.62. The Hall–Kier alpha value is -0.220. The molecule has 1 N–H and O–H groups in total. The molecule has 0 rings (SSSR count). The van der Waals surface area contributed by atoms with Gasteiger partial charge >= 0.3 is 0 Å². The molecule has 0 aliphatic carbocycles. The minimum absolute atomic E-state index is 0.0471. The topological polar surface area (TPSA) is 56.8 Å². The Labute approximate surface area is 156 Å². The Morgan fingerprint density at radius 1 is 0.840 bits per heavy atom. The van der Waals surface area contributed by atoms with Gasteiger partial charge in [0.2, 0.25) is 5.91 Å². The maximum Gasteiger partial charge on any atom is 0.219 e. The molecule has 25 heavy (non-hydrogen) atoms. The van der Waals surface area contributed by atoms with Gasteiger partial charge in [0.25, 0.3) is 0 Å². The van der Waals surface area contributed by atoms with Gasteiger partial charge in [-0.1, -0.05) is 71.1 Å². The monoisotopic (exact) mass is 377 g/mol. The third-order valence-corrected chi connectivity index (χ3v) is 4.51. The first kappa shape index (κ1) is 24.8. The molecule has 0 aliphatic rings. The zero-order chi connectivity index (χ0) is 18.4. The molecule has 0 spiro atoms. The molecule has 5 nitrogen and oxygen atoms in total. The fourth-order valence-corrected chi connectivity index (χ4v) is 2.85. The third kappa shape index (κ3) is 21.7. The lowest BCUT2D eigenvalue weighted by molar-refractivity contribution is -0.202. The Kier molecular flexibility index (Phi) is 21.6. The van der Waals surface area contributed by atoms with E-state index in [2.05, 4.69) is 12.2 Å². The molecule has 0 radical (unpaired) electrons. The van der Waals surface area contributed by atoms with E-state index in [0.29, 0.717) is 13.0 Å². The van der Waals surface area contributed by atoms with Crippen LogP contribution in [-0.2, 0) is 18.9 Å². The first-order valence-corrected chi connectivity index (χ1v) is 11.0. The van der Waals surface area contributed by atoms with Crippen molar-refractivity contribution in [1.29, 1.82) is 0 Å². The highest BCUT2D eigenvalue weighted by atomic mass is 31.1. The van der Waals surface area contributed by atoms with Crippen LogP contribution in [0.2, 0.25) is 0 Å². The fraction of sp³-hybridized carbons (Fsp3) is 0.947. The van der Waals surface area contributed by atoms with Crippen LogP contribution >= 0.6 is 9.03 Å². The highest BCUT2D eigenvalue weighted by Crippen LogP contribution is 2.12. The number of hydrogen-bond donors (Lipinski definition) is 1. The van der Waals surface area contributed by atoms with Crippen LogP contribution in [0.1, 0.15) is 96.8 Å². The highest BCUT2D eigenvalue weighted by molar-refractivity contribution is 7.26. The zero-order valence-corrected chi connectivity index (χ0v) is 17.4. The molecular weight excluding hydrogens is 337 g/mol. The first-order chi connectivity index (χ1) is 12.3. The maximum atomic E-state index is 11.7. The van der Waals surface area contributed by atoms with Gasteiger partial charge in [-0.2, -0.15) is 4.67 Å². The van der Waals surface area contributed by atoms with Crippen LogP contribution in [0.15, 0.2) is 0 Å². The van der Waals surface area contributed by atoms with E-state index in [4.69, 9.17) is 14.1 Å². The molecule has 0 aromatic carbocycles. The van der Waals surface area contributed by atoms with Crippen LogP contribution in [0.25, 0.3) is 0 Å². The molecule has 0 saturated carbocycles. The zero-order valence-electron chi connectivity index (χ0n) is 16.4. The fourth-order valence-electron chi connectivity index (χ4n) is 2.65. The molecule has 1 unspecified atom stereocenters. The van der Waals surface area contributed by atoms with Gasteiger partial charge in [0, 0.05) is 20.1 Å². The van der Waals surface area contributed by atoms with E-state index in [0.717, 1.165) is 38.6 Å². The van der Waals surface area contributed by atoms with Gasteiger partial charge in [0.15, 0.2) is 9.03 Å². The Morgan fingerprint density at radius 2 is 1.44 bits per heavy atom. The maximum absolute atomic E-state index is 11.7. The van der Waals surface area contributed by atoms with Crippen LogP contribution in [0.4, 0.5) is 0 Å². The highest BCUT2D eigenvalue weighted by Gasteiger charge is 2.00. The summed E-state index contributed by atoms with van der Waals surface area (Å²) in [5.41, 5.74) is 0. The second-order valence-electron chi connectivity index (χ2n) is 6.54. The minimum atomic E-state index is -0.0471. The third-order valence-electron chi connectivity index (χ3n) is 4.16. The van der Waals surface area contributed by atoms with E-state index in [9.17, 15) is 4.79 Å². The summed E-state index contributed by atoms with van der Waals surface area (Å²) in [4.78, 5) is 16.7. The van der Waals surface area contributed by atoms with Crippen molar-refractivity contribution in [2.24, 2.45) is 0 Å². The van der Waals surface area contributed by atoms with Gasteiger partial charge in [0.1, 0.15) is 0 Å². The molecular formula is C19H40NO4P. The normalized spacial score (nSPS) is 11.4. The van der Waals surface area contributed by atoms with E-state index in [1.165, 1.54) is 51.4 Å². The number of carbonyl (C=O) groups is 1. The van der Waals surface area contributed by atoms with E-state index in [-0.39, 0.29) is 14.9 Å².